The summed E-state index contributed by atoms with van der Waals surface area (Å²) in [5.41, 5.74) is 1.65. The highest BCUT2D eigenvalue weighted by molar-refractivity contribution is 6.19. The van der Waals surface area contributed by atoms with Gasteiger partial charge in [-0.1, -0.05) is 18.2 Å². The largest absolute Gasteiger partial charge is 0.476 e. The van der Waals surface area contributed by atoms with Gasteiger partial charge in [-0.15, -0.1) is 0 Å². The van der Waals surface area contributed by atoms with Gasteiger partial charge in [0.1, 0.15) is 5.69 Å². The molecule has 1 N–H and O–H groups in total. The first kappa shape index (κ1) is 13.9. The zero-order valence-electron chi connectivity index (χ0n) is 12.1. The lowest BCUT2D eigenvalue weighted by molar-refractivity contribution is 0.0685. The number of carbonyl (C=O) groups is 2. The smallest absolute Gasteiger partial charge is 0.356 e. The molecule has 0 fully saturated rings. The van der Waals surface area contributed by atoms with Gasteiger partial charge < -0.3 is 9.67 Å². The first-order valence-corrected chi connectivity index (χ1v) is 6.65. The Kier molecular flexibility index (Phi) is 3.21. The van der Waals surface area contributed by atoms with Crippen LogP contribution in [0.1, 0.15) is 32.2 Å². The maximum atomic E-state index is 12.8. The van der Waals surface area contributed by atoms with Crippen molar-refractivity contribution in [3.8, 4) is 0 Å². The molecule has 0 bridgehead atoms. The summed E-state index contributed by atoms with van der Waals surface area (Å²) < 4.78 is 1.90. The Bertz CT molecular complexity index is 912. The van der Waals surface area contributed by atoms with Gasteiger partial charge in [-0.25, -0.2) is 14.8 Å². The van der Waals surface area contributed by atoms with Crippen molar-refractivity contribution in [2.45, 2.75) is 6.92 Å². The van der Waals surface area contributed by atoms with Gasteiger partial charge >= 0.3 is 5.97 Å². The van der Waals surface area contributed by atoms with Crippen LogP contribution in [0.25, 0.3) is 10.9 Å². The van der Waals surface area contributed by atoms with Crippen LogP contribution < -0.4 is 0 Å². The van der Waals surface area contributed by atoms with E-state index in [-0.39, 0.29) is 11.4 Å². The van der Waals surface area contributed by atoms with Crippen LogP contribution in [0.5, 0.6) is 0 Å². The fraction of sp³-hybridized carbons (Fsp3) is 0.125. The minimum absolute atomic E-state index is 0.144. The van der Waals surface area contributed by atoms with E-state index in [1.165, 1.54) is 12.4 Å². The zero-order valence-corrected chi connectivity index (χ0v) is 12.1. The molecule has 0 aliphatic carbocycles. The zero-order chi connectivity index (χ0) is 15.9. The van der Waals surface area contributed by atoms with Crippen LogP contribution in [0.4, 0.5) is 0 Å². The molecule has 110 valence electrons. The third kappa shape index (κ3) is 1.96. The van der Waals surface area contributed by atoms with Crippen LogP contribution in [-0.2, 0) is 7.05 Å². The molecule has 0 spiro atoms. The minimum Gasteiger partial charge on any atom is -0.476 e. The van der Waals surface area contributed by atoms with Gasteiger partial charge in [-0.3, -0.25) is 4.79 Å². The van der Waals surface area contributed by atoms with Gasteiger partial charge in [-0.05, 0) is 13.0 Å². The van der Waals surface area contributed by atoms with E-state index in [9.17, 15) is 14.7 Å². The summed E-state index contributed by atoms with van der Waals surface area (Å²) in [6, 6.07) is 7.48. The quantitative estimate of drug-likeness (QED) is 0.749. The Morgan fingerprint density at radius 3 is 2.41 bits per heavy atom. The van der Waals surface area contributed by atoms with Crippen molar-refractivity contribution < 1.29 is 14.7 Å². The van der Waals surface area contributed by atoms with Crippen molar-refractivity contribution in [2.24, 2.45) is 7.05 Å². The average Bonchev–Trinajstić information content (AvgIpc) is 2.79. The van der Waals surface area contributed by atoms with E-state index in [2.05, 4.69) is 9.97 Å². The number of fused-ring (bicyclic) bond motifs is 1. The Morgan fingerprint density at radius 2 is 1.73 bits per heavy atom. The van der Waals surface area contributed by atoms with Crippen LogP contribution in [0, 0.1) is 6.92 Å². The molecule has 3 aromatic rings. The summed E-state index contributed by atoms with van der Waals surface area (Å²) in [4.78, 5) is 31.8. The topological polar surface area (TPSA) is 85.1 Å². The molecule has 0 atom stereocenters. The lowest BCUT2D eigenvalue weighted by Gasteiger charge is -2.04. The minimum atomic E-state index is -1.27. The second-order valence-electron chi connectivity index (χ2n) is 4.92. The van der Waals surface area contributed by atoms with E-state index in [4.69, 9.17) is 0 Å². The standard InChI is InChI=1S/C16H13N3O3/c1-9-12(10-5-3-4-6-11(10)19(9)2)15(20)13-14(16(21)22)18-8-7-17-13/h3-8H,1-2H3,(H,21,22). The average molecular weight is 295 g/mol. The number of para-hydroxylation sites is 1. The molecule has 2 aromatic heterocycles. The molecule has 0 saturated heterocycles. The Balaban J connectivity index is 2.27. The molecular weight excluding hydrogens is 282 g/mol. The first-order chi connectivity index (χ1) is 10.5. The van der Waals surface area contributed by atoms with Gasteiger partial charge in [0.25, 0.3) is 0 Å². The van der Waals surface area contributed by atoms with Gasteiger partial charge in [0, 0.05) is 36.0 Å². The van der Waals surface area contributed by atoms with Crippen molar-refractivity contribution in [3.63, 3.8) is 0 Å². The molecule has 3 rings (SSSR count). The van der Waals surface area contributed by atoms with Crippen LogP contribution in [0.15, 0.2) is 36.7 Å². The second-order valence-corrected chi connectivity index (χ2v) is 4.92. The molecule has 22 heavy (non-hydrogen) atoms. The van der Waals surface area contributed by atoms with Gasteiger partial charge in [0.05, 0.1) is 5.56 Å². The highest BCUT2D eigenvalue weighted by atomic mass is 16.4. The molecule has 0 unspecified atom stereocenters. The molecule has 0 amide bonds. The van der Waals surface area contributed by atoms with E-state index in [0.717, 1.165) is 16.6 Å². The predicted molar refractivity (Wildman–Crippen MR) is 80.1 cm³/mol. The molecule has 6 heteroatoms. The molecule has 6 nitrogen and oxygen atoms in total. The van der Waals surface area contributed by atoms with E-state index in [0.29, 0.717) is 5.56 Å². The maximum absolute atomic E-state index is 12.8. The summed E-state index contributed by atoms with van der Waals surface area (Å²) in [6.45, 7) is 1.82. The summed E-state index contributed by atoms with van der Waals surface area (Å²) in [5.74, 6) is -1.70. The van der Waals surface area contributed by atoms with Crippen LogP contribution >= 0.6 is 0 Å². The number of ketones is 1. The molecule has 0 radical (unpaired) electrons. The Labute approximate surface area is 126 Å². The molecule has 1 aromatic carbocycles. The Morgan fingerprint density at radius 1 is 1.09 bits per heavy atom. The third-order valence-electron chi connectivity index (χ3n) is 3.74. The fourth-order valence-electron chi connectivity index (χ4n) is 2.59. The summed E-state index contributed by atoms with van der Waals surface area (Å²) >= 11 is 0. The van der Waals surface area contributed by atoms with Crippen LogP contribution in [0.2, 0.25) is 0 Å². The number of aryl methyl sites for hydroxylation is 1. The number of aromatic carboxylic acids is 1. The Hall–Kier alpha value is -3.02. The number of carboxylic acid groups (broad SMARTS) is 1. The van der Waals surface area contributed by atoms with Gasteiger partial charge in [-0.2, -0.15) is 0 Å². The van der Waals surface area contributed by atoms with Crippen molar-refractivity contribution in [2.75, 3.05) is 0 Å². The summed E-state index contributed by atoms with van der Waals surface area (Å²) in [6.07, 6.45) is 2.58. The highest BCUT2D eigenvalue weighted by Crippen LogP contribution is 2.27. The van der Waals surface area contributed by atoms with Crippen LogP contribution in [-0.4, -0.2) is 31.4 Å². The van der Waals surface area contributed by atoms with Crippen molar-refractivity contribution >= 4 is 22.7 Å². The maximum Gasteiger partial charge on any atom is 0.356 e. The predicted octanol–water partition coefficient (Wildman–Crippen LogP) is 2.21. The normalized spacial score (nSPS) is 10.8. The van der Waals surface area contributed by atoms with E-state index >= 15 is 0 Å². The third-order valence-corrected chi connectivity index (χ3v) is 3.74. The van der Waals surface area contributed by atoms with Crippen molar-refractivity contribution in [3.05, 3.63) is 59.3 Å². The lowest BCUT2D eigenvalue weighted by atomic mass is 10.0. The number of hydrogen-bond donors (Lipinski definition) is 1. The van der Waals surface area contributed by atoms with Crippen molar-refractivity contribution in [1.29, 1.82) is 0 Å². The fourth-order valence-corrected chi connectivity index (χ4v) is 2.59. The number of aromatic nitrogens is 3. The number of rotatable bonds is 3. The molecule has 2 heterocycles. The van der Waals surface area contributed by atoms with Crippen molar-refractivity contribution in [1.82, 2.24) is 14.5 Å². The highest BCUT2D eigenvalue weighted by Gasteiger charge is 2.25. The summed E-state index contributed by atoms with van der Waals surface area (Å²) in [5, 5.41) is 9.96. The number of carboxylic acids is 1. The SMILES string of the molecule is Cc1c(C(=O)c2nccnc2C(=O)O)c2ccccc2n1C. The number of nitrogens with zero attached hydrogens (tertiary/aromatic N) is 3. The van der Waals surface area contributed by atoms with E-state index in [1.54, 1.807) is 0 Å². The molecule has 0 saturated carbocycles. The number of benzene rings is 1. The van der Waals surface area contributed by atoms with Gasteiger partial charge in [0.15, 0.2) is 5.69 Å². The monoisotopic (exact) mass is 295 g/mol. The summed E-state index contributed by atoms with van der Waals surface area (Å²) in [7, 11) is 1.86. The van der Waals surface area contributed by atoms with E-state index < -0.39 is 11.8 Å². The first-order valence-electron chi connectivity index (χ1n) is 6.65. The second kappa shape index (κ2) is 5.07. The number of hydrogen-bond acceptors (Lipinski definition) is 4. The molecular formula is C16H13N3O3. The van der Waals surface area contributed by atoms with Crippen LogP contribution in [0.3, 0.4) is 0 Å². The molecule has 0 aliphatic rings. The molecule has 0 aliphatic heterocycles. The number of carbonyl (C=O) groups excluding carboxylic acids is 1. The van der Waals surface area contributed by atoms with Gasteiger partial charge in [0.2, 0.25) is 5.78 Å². The lowest BCUT2D eigenvalue weighted by Crippen LogP contribution is -2.14. The van der Waals surface area contributed by atoms with E-state index in [1.807, 2.05) is 42.8 Å².